The second-order valence-corrected chi connectivity index (χ2v) is 10.8. The molecule has 1 unspecified atom stereocenters. The topological polar surface area (TPSA) is 90.9 Å². The van der Waals surface area contributed by atoms with Crippen molar-refractivity contribution in [2.24, 2.45) is 5.10 Å². The Morgan fingerprint density at radius 3 is 2.20 bits per heavy atom. The average Bonchev–Trinajstić information content (AvgIpc) is 3.33. The van der Waals surface area contributed by atoms with E-state index in [1.165, 1.54) is 22.8 Å². The smallest absolute Gasteiger partial charge is 0.257 e. The van der Waals surface area contributed by atoms with Crippen LogP contribution >= 0.6 is 35.0 Å². The molecule has 1 aliphatic heterocycles. The van der Waals surface area contributed by atoms with Crippen molar-refractivity contribution >= 4 is 69.9 Å². The Balaban J connectivity index is 1.30. The number of carbonyl (C=O) groups is 3. The van der Waals surface area contributed by atoms with Crippen LogP contribution in [0.25, 0.3) is 0 Å². The first-order valence-corrected chi connectivity index (χ1v) is 13.9. The van der Waals surface area contributed by atoms with Crippen molar-refractivity contribution in [3.8, 4) is 0 Å². The third-order valence-electron chi connectivity index (χ3n) is 5.93. The number of carbonyl (C=O) groups excluding carboxylic acids is 3. The fourth-order valence-corrected chi connectivity index (χ4v) is 5.52. The summed E-state index contributed by atoms with van der Waals surface area (Å²) in [6, 6.07) is 30.2. The zero-order valence-corrected chi connectivity index (χ0v) is 23.2. The zero-order valence-electron chi connectivity index (χ0n) is 20.9. The van der Waals surface area contributed by atoms with Crippen molar-refractivity contribution in [3.63, 3.8) is 0 Å². The molecule has 1 atom stereocenters. The predicted octanol–water partition coefficient (Wildman–Crippen LogP) is 6.95. The number of rotatable bonds is 7. The molecule has 0 saturated carbocycles. The van der Waals surface area contributed by atoms with Crippen molar-refractivity contribution in [3.05, 3.63) is 124 Å². The second-order valence-electron chi connectivity index (χ2n) is 8.77. The molecule has 0 bridgehead atoms. The number of nitrogens with zero attached hydrogens (tertiary/aromatic N) is 2. The van der Waals surface area contributed by atoms with Crippen LogP contribution in [0.5, 0.6) is 0 Å². The number of anilines is 2. The molecule has 0 fully saturated rings. The van der Waals surface area contributed by atoms with E-state index in [0.29, 0.717) is 27.8 Å². The van der Waals surface area contributed by atoms with Gasteiger partial charge in [0.25, 0.3) is 11.8 Å². The van der Waals surface area contributed by atoms with Gasteiger partial charge in [0.1, 0.15) is 11.1 Å². The Morgan fingerprint density at radius 1 is 0.850 bits per heavy atom. The van der Waals surface area contributed by atoms with E-state index in [4.69, 9.17) is 23.2 Å². The predicted molar refractivity (Wildman–Crippen MR) is 160 cm³/mol. The highest BCUT2D eigenvalue weighted by atomic mass is 35.5. The molecule has 40 heavy (non-hydrogen) atoms. The maximum absolute atomic E-state index is 13.5. The highest BCUT2D eigenvalue weighted by Gasteiger charge is 2.29. The van der Waals surface area contributed by atoms with E-state index >= 15 is 0 Å². The molecule has 2 N–H and O–H groups in total. The number of hydrogen-bond acceptors (Lipinski definition) is 5. The Morgan fingerprint density at radius 2 is 1.52 bits per heavy atom. The van der Waals surface area contributed by atoms with Gasteiger partial charge in [-0.3, -0.25) is 14.4 Å². The summed E-state index contributed by atoms with van der Waals surface area (Å²) in [6.45, 7) is 0. The van der Waals surface area contributed by atoms with Crippen molar-refractivity contribution < 1.29 is 14.4 Å². The lowest BCUT2D eigenvalue weighted by Crippen LogP contribution is -2.33. The van der Waals surface area contributed by atoms with E-state index in [2.05, 4.69) is 15.7 Å². The number of halogens is 2. The number of hydrogen-bond donors (Lipinski definition) is 2. The number of benzene rings is 4. The van der Waals surface area contributed by atoms with E-state index in [0.717, 1.165) is 10.5 Å². The lowest BCUT2D eigenvalue weighted by molar-refractivity contribution is -0.119. The van der Waals surface area contributed by atoms with Crippen molar-refractivity contribution in [2.75, 3.05) is 10.3 Å². The Bertz CT molecular complexity index is 1580. The third-order valence-corrected chi connectivity index (χ3v) is 7.74. The van der Waals surface area contributed by atoms with Crippen LogP contribution in [-0.4, -0.2) is 23.6 Å². The molecule has 10 heteroatoms. The minimum Gasteiger partial charge on any atom is -0.322 e. The van der Waals surface area contributed by atoms with Gasteiger partial charge in [0.2, 0.25) is 5.91 Å². The molecular formula is C30H22Cl2N4O3S. The van der Waals surface area contributed by atoms with E-state index < -0.39 is 5.25 Å². The molecule has 0 saturated heterocycles. The first kappa shape index (κ1) is 27.5. The molecule has 0 aromatic heterocycles. The first-order chi connectivity index (χ1) is 19.4. The Labute approximate surface area is 245 Å². The SMILES string of the molecule is O=C(Nc1ccc(SC(C(=O)NC2=NN(c3ccccc3)C(=O)C2)c2ccccc2)cc1)c1ccc(Cl)cc1Cl. The second kappa shape index (κ2) is 12.4. The van der Waals surface area contributed by atoms with E-state index in [-0.39, 0.29) is 29.2 Å². The van der Waals surface area contributed by atoms with Crippen LogP contribution in [0.4, 0.5) is 11.4 Å². The highest BCUT2D eigenvalue weighted by Crippen LogP contribution is 2.36. The molecule has 200 valence electrons. The monoisotopic (exact) mass is 588 g/mol. The quantitative estimate of drug-likeness (QED) is 0.229. The first-order valence-electron chi connectivity index (χ1n) is 12.2. The van der Waals surface area contributed by atoms with Gasteiger partial charge in [-0.2, -0.15) is 10.1 Å². The molecule has 3 amide bonds. The standard InChI is InChI=1S/C30H22Cl2N4O3S/c31-20-11-16-24(25(32)17-20)29(38)33-21-12-14-23(15-13-21)40-28(19-7-3-1-4-8-19)30(39)34-26-18-27(37)36(35-26)22-9-5-2-6-10-22/h1-17,28H,18H2,(H,33,38)(H,34,35,39). The van der Waals surface area contributed by atoms with Crippen LogP contribution in [0.3, 0.4) is 0 Å². The van der Waals surface area contributed by atoms with Crippen LogP contribution in [0.15, 0.2) is 113 Å². The van der Waals surface area contributed by atoms with Crippen molar-refractivity contribution in [1.82, 2.24) is 5.32 Å². The summed E-state index contributed by atoms with van der Waals surface area (Å²) in [4.78, 5) is 39.5. The summed E-state index contributed by atoms with van der Waals surface area (Å²) in [6.07, 6.45) is -0.00115. The third kappa shape index (κ3) is 6.54. The summed E-state index contributed by atoms with van der Waals surface area (Å²) in [5.41, 5.74) is 2.31. The van der Waals surface area contributed by atoms with Gasteiger partial charge in [-0.15, -0.1) is 11.8 Å². The maximum Gasteiger partial charge on any atom is 0.257 e. The zero-order chi connectivity index (χ0) is 28.1. The van der Waals surface area contributed by atoms with E-state index in [9.17, 15) is 14.4 Å². The summed E-state index contributed by atoms with van der Waals surface area (Å²) in [5, 5.41) is 11.4. The molecule has 5 rings (SSSR count). The molecule has 1 aliphatic rings. The molecule has 4 aromatic rings. The number of amidine groups is 1. The number of nitrogens with one attached hydrogen (secondary N) is 2. The van der Waals surface area contributed by atoms with Gasteiger partial charge in [0, 0.05) is 15.6 Å². The van der Waals surface area contributed by atoms with Gasteiger partial charge < -0.3 is 10.6 Å². The lowest BCUT2D eigenvalue weighted by Gasteiger charge is -2.17. The van der Waals surface area contributed by atoms with Crippen LogP contribution in [0.2, 0.25) is 10.0 Å². The van der Waals surface area contributed by atoms with Crippen molar-refractivity contribution in [2.45, 2.75) is 16.6 Å². The molecule has 0 spiro atoms. The maximum atomic E-state index is 13.5. The average molecular weight is 590 g/mol. The number of para-hydroxylation sites is 1. The fourth-order valence-electron chi connectivity index (χ4n) is 4.00. The number of thioether (sulfide) groups is 1. The van der Waals surface area contributed by atoms with Crippen LogP contribution in [0.1, 0.15) is 27.6 Å². The van der Waals surface area contributed by atoms with Crippen LogP contribution < -0.4 is 15.6 Å². The Kier molecular flexibility index (Phi) is 8.50. The van der Waals surface area contributed by atoms with E-state index in [1.54, 1.807) is 36.4 Å². The number of amides is 3. The van der Waals surface area contributed by atoms with Gasteiger partial charge in [-0.05, 0) is 60.2 Å². The summed E-state index contributed by atoms with van der Waals surface area (Å²) >= 11 is 13.4. The molecular weight excluding hydrogens is 567 g/mol. The van der Waals surface area contributed by atoms with Gasteiger partial charge >= 0.3 is 0 Å². The minimum absolute atomic E-state index is 0.00115. The summed E-state index contributed by atoms with van der Waals surface area (Å²) < 4.78 is 0. The normalized spacial score (nSPS) is 13.5. The lowest BCUT2D eigenvalue weighted by atomic mass is 10.1. The number of hydrazone groups is 1. The van der Waals surface area contributed by atoms with Crippen molar-refractivity contribution in [1.29, 1.82) is 0 Å². The van der Waals surface area contributed by atoms with Gasteiger partial charge in [-0.25, -0.2) is 0 Å². The summed E-state index contributed by atoms with van der Waals surface area (Å²) in [7, 11) is 0. The minimum atomic E-state index is -0.613. The fraction of sp³-hybridized carbons (Fsp3) is 0.0667. The van der Waals surface area contributed by atoms with Gasteiger partial charge in [0.05, 0.1) is 22.7 Å². The Hall–Kier alpha value is -4.11. The van der Waals surface area contributed by atoms with Crippen LogP contribution in [0, 0.1) is 0 Å². The highest BCUT2D eigenvalue weighted by molar-refractivity contribution is 8.00. The molecule has 0 aliphatic carbocycles. The molecule has 1 heterocycles. The van der Waals surface area contributed by atoms with E-state index in [1.807, 2.05) is 60.7 Å². The molecule has 7 nitrogen and oxygen atoms in total. The molecule has 0 radical (unpaired) electrons. The van der Waals surface area contributed by atoms with Gasteiger partial charge in [0.15, 0.2) is 0 Å². The van der Waals surface area contributed by atoms with Crippen LogP contribution in [-0.2, 0) is 9.59 Å². The van der Waals surface area contributed by atoms with Gasteiger partial charge in [-0.1, -0.05) is 71.7 Å². The summed E-state index contributed by atoms with van der Waals surface area (Å²) in [5.74, 6) is -0.588. The largest absolute Gasteiger partial charge is 0.322 e. The molecule has 4 aromatic carbocycles.